The molecule has 96 valence electrons. The van der Waals surface area contributed by atoms with Crippen molar-refractivity contribution in [3.8, 4) is 5.75 Å². The first-order valence-electron chi connectivity index (χ1n) is 6.70. The normalized spacial score (nSPS) is 15.2. The quantitative estimate of drug-likeness (QED) is 0.820. The first-order chi connectivity index (χ1) is 8.85. The van der Waals surface area contributed by atoms with Gasteiger partial charge in [0, 0.05) is 25.1 Å². The molecule has 2 N–H and O–H groups in total. The Bertz CT molecular complexity index is 531. The van der Waals surface area contributed by atoms with Gasteiger partial charge < -0.3 is 15.0 Å². The Balaban J connectivity index is 1.68. The van der Waals surface area contributed by atoms with E-state index in [1.807, 2.05) is 25.1 Å². The van der Waals surface area contributed by atoms with Crippen LogP contribution in [-0.4, -0.2) is 29.2 Å². The van der Waals surface area contributed by atoms with Crippen molar-refractivity contribution in [2.24, 2.45) is 0 Å². The average Bonchev–Trinajstić information content (AvgIpc) is 3.08. The number of benzene rings is 1. The number of H-pyrrole nitrogens is 1. The third-order valence-electron chi connectivity index (χ3n) is 3.19. The second-order valence-corrected chi connectivity index (χ2v) is 4.77. The molecule has 0 unspecified atom stereocenters. The van der Waals surface area contributed by atoms with Gasteiger partial charge in [0.25, 0.3) is 0 Å². The summed E-state index contributed by atoms with van der Waals surface area (Å²) in [6.07, 6.45) is 3.62. The van der Waals surface area contributed by atoms with Crippen molar-refractivity contribution in [3.63, 3.8) is 0 Å². The summed E-state index contributed by atoms with van der Waals surface area (Å²) in [7, 11) is 0. The highest BCUT2D eigenvalue weighted by Crippen LogP contribution is 2.20. The number of ether oxygens (including phenoxy) is 1. The van der Waals surface area contributed by atoms with E-state index in [2.05, 4.69) is 15.3 Å². The Hall–Kier alpha value is -1.55. The minimum Gasteiger partial charge on any atom is -0.494 e. The monoisotopic (exact) mass is 245 g/mol. The molecule has 4 nitrogen and oxygen atoms in total. The Morgan fingerprint density at radius 2 is 2.33 bits per heavy atom. The smallest absolute Gasteiger partial charge is 0.121 e. The summed E-state index contributed by atoms with van der Waals surface area (Å²) in [5.41, 5.74) is 2.07. The van der Waals surface area contributed by atoms with Gasteiger partial charge in [-0.25, -0.2) is 4.98 Å². The molecule has 3 rings (SSSR count). The lowest BCUT2D eigenvalue weighted by molar-refractivity contribution is 0.340. The minimum absolute atomic E-state index is 0.692. The summed E-state index contributed by atoms with van der Waals surface area (Å²) in [5, 5.41) is 3.50. The summed E-state index contributed by atoms with van der Waals surface area (Å²) < 4.78 is 5.48. The highest BCUT2D eigenvalue weighted by Gasteiger charge is 2.19. The number of hydrogen-bond acceptors (Lipinski definition) is 3. The molecular weight excluding hydrogens is 226 g/mol. The molecule has 0 bridgehead atoms. The first-order valence-corrected chi connectivity index (χ1v) is 6.70. The molecule has 0 saturated heterocycles. The van der Waals surface area contributed by atoms with Gasteiger partial charge in [-0.2, -0.15) is 0 Å². The molecule has 0 spiro atoms. The molecule has 2 aromatic rings. The van der Waals surface area contributed by atoms with E-state index in [-0.39, 0.29) is 0 Å². The molecule has 0 radical (unpaired) electrons. The molecule has 1 saturated carbocycles. The molecule has 18 heavy (non-hydrogen) atoms. The van der Waals surface area contributed by atoms with Gasteiger partial charge in [-0.15, -0.1) is 0 Å². The van der Waals surface area contributed by atoms with Crippen LogP contribution in [0.15, 0.2) is 18.2 Å². The maximum Gasteiger partial charge on any atom is 0.121 e. The Morgan fingerprint density at radius 3 is 3.11 bits per heavy atom. The van der Waals surface area contributed by atoms with Gasteiger partial charge in [0.2, 0.25) is 0 Å². The summed E-state index contributed by atoms with van der Waals surface area (Å²) >= 11 is 0. The molecule has 0 amide bonds. The number of fused-ring (bicyclic) bond motifs is 1. The second-order valence-electron chi connectivity index (χ2n) is 4.77. The fourth-order valence-electron chi connectivity index (χ4n) is 2.10. The summed E-state index contributed by atoms with van der Waals surface area (Å²) in [4.78, 5) is 7.94. The van der Waals surface area contributed by atoms with Crippen LogP contribution in [-0.2, 0) is 6.42 Å². The molecule has 4 heteroatoms. The molecule has 1 aromatic carbocycles. The highest BCUT2D eigenvalue weighted by molar-refractivity contribution is 5.76. The van der Waals surface area contributed by atoms with E-state index in [0.29, 0.717) is 6.61 Å². The van der Waals surface area contributed by atoms with E-state index >= 15 is 0 Å². The van der Waals surface area contributed by atoms with Crippen LogP contribution in [0.25, 0.3) is 11.0 Å². The zero-order valence-corrected chi connectivity index (χ0v) is 10.7. The molecule has 0 aliphatic heterocycles. The maximum absolute atomic E-state index is 5.48. The van der Waals surface area contributed by atoms with Crippen LogP contribution in [0.3, 0.4) is 0 Å². The minimum atomic E-state index is 0.692. The third kappa shape index (κ3) is 2.64. The van der Waals surface area contributed by atoms with Gasteiger partial charge in [-0.3, -0.25) is 0 Å². The topological polar surface area (TPSA) is 49.9 Å². The number of hydrogen-bond donors (Lipinski definition) is 2. The van der Waals surface area contributed by atoms with E-state index in [9.17, 15) is 0 Å². The lowest BCUT2D eigenvalue weighted by Gasteiger charge is -2.00. The van der Waals surface area contributed by atoms with Crippen LogP contribution in [0.2, 0.25) is 0 Å². The second kappa shape index (κ2) is 4.98. The Kier molecular flexibility index (Phi) is 3.19. The lowest BCUT2D eigenvalue weighted by atomic mass is 10.3. The number of rotatable bonds is 6. The summed E-state index contributed by atoms with van der Waals surface area (Å²) in [6.45, 7) is 3.69. The summed E-state index contributed by atoms with van der Waals surface area (Å²) in [5.74, 6) is 1.95. The van der Waals surface area contributed by atoms with Crippen molar-refractivity contribution >= 4 is 11.0 Å². The molecule has 1 heterocycles. The highest BCUT2D eigenvalue weighted by atomic mass is 16.5. The van der Waals surface area contributed by atoms with Crippen LogP contribution in [0.4, 0.5) is 0 Å². The van der Waals surface area contributed by atoms with Gasteiger partial charge in [0.05, 0.1) is 17.6 Å². The Morgan fingerprint density at radius 1 is 1.44 bits per heavy atom. The van der Waals surface area contributed by atoms with Crippen molar-refractivity contribution < 1.29 is 4.74 Å². The van der Waals surface area contributed by atoms with Gasteiger partial charge in [-0.1, -0.05) is 0 Å². The van der Waals surface area contributed by atoms with Gasteiger partial charge >= 0.3 is 0 Å². The van der Waals surface area contributed by atoms with Gasteiger partial charge in [0.15, 0.2) is 0 Å². The van der Waals surface area contributed by atoms with Crippen molar-refractivity contribution in [1.29, 1.82) is 0 Å². The van der Waals surface area contributed by atoms with E-state index in [1.165, 1.54) is 12.8 Å². The lowest BCUT2D eigenvalue weighted by Crippen LogP contribution is -2.19. The van der Waals surface area contributed by atoms with E-state index < -0.39 is 0 Å². The van der Waals surface area contributed by atoms with Crippen LogP contribution < -0.4 is 10.1 Å². The van der Waals surface area contributed by atoms with E-state index in [4.69, 9.17) is 4.74 Å². The number of imidazole rings is 1. The molecule has 1 aromatic heterocycles. The van der Waals surface area contributed by atoms with Crippen LogP contribution in [0.1, 0.15) is 25.6 Å². The zero-order chi connectivity index (χ0) is 12.4. The standard InChI is InChI=1S/C14H19N3O/c1-2-18-11-5-6-12-13(9-11)17-14(16-12)7-8-15-10-3-4-10/h5-6,9-10,15H,2-4,7-8H2,1H3,(H,16,17). The zero-order valence-electron chi connectivity index (χ0n) is 10.7. The van der Waals surface area contributed by atoms with Crippen molar-refractivity contribution in [2.45, 2.75) is 32.2 Å². The predicted octanol–water partition coefficient (Wildman–Crippen LogP) is 2.26. The molecule has 1 aliphatic rings. The van der Waals surface area contributed by atoms with Crippen molar-refractivity contribution in [3.05, 3.63) is 24.0 Å². The van der Waals surface area contributed by atoms with Crippen LogP contribution in [0, 0.1) is 0 Å². The first kappa shape index (κ1) is 11.5. The SMILES string of the molecule is CCOc1ccc2nc(CCNC3CC3)[nH]c2c1. The predicted molar refractivity (Wildman–Crippen MR) is 72.0 cm³/mol. The van der Waals surface area contributed by atoms with Crippen LogP contribution in [0.5, 0.6) is 5.75 Å². The average molecular weight is 245 g/mol. The third-order valence-corrected chi connectivity index (χ3v) is 3.19. The number of nitrogens with zero attached hydrogens (tertiary/aromatic N) is 1. The van der Waals surface area contributed by atoms with E-state index in [0.717, 1.165) is 41.6 Å². The fourth-order valence-corrected chi connectivity index (χ4v) is 2.10. The number of aromatic amines is 1. The number of nitrogens with one attached hydrogen (secondary N) is 2. The fraction of sp³-hybridized carbons (Fsp3) is 0.500. The molecule has 1 aliphatic carbocycles. The van der Waals surface area contributed by atoms with Gasteiger partial charge in [0.1, 0.15) is 11.6 Å². The van der Waals surface area contributed by atoms with Crippen molar-refractivity contribution in [1.82, 2.24) is 15.3 Å². The molecular formula is C14H19N3O. The van der Waals surface area contributed by atoms with E-state index in [1.54, 1.807) is 0 Å². The van der Waals surface area contributed by atoms with Crippen molar-refractivity contribution in [2.75, 3.05) is 13.2 Å². The summed E-state index contributed by atoms with van der Waals surface area (Å²) in [6, 6.07) is 6.76. The Labute approximate surface area is 107 Å². The largest absolute Gasteiger partial charge is 0.494 e. The molecule has 1 fully saturated rings. The maximum atomic E-state index is 5.48. The van der Waals surface area contributed by atoms with Gasteiger partial charge in [-0.05, 0) is 31.9 Å². The number of aromatic nitrogens is 2. The van der Waals surface area contributed by atoms with Crippen LogP contribution >= 0.6 is 0 Å². The molecule has 0 atom stereocenters.